The Morgan fingerprint density at radius 1 is 1.53 bits per heavy atom. The van der Waals surface area contributed by atoms with Crippen molar-refractivity contribution in [2.45, 2.75) is 38.6 Å². The lowest BCUT2D eigenvalue weighted by molar-refractivity contribution is -0.118. The monoisotopic (exact) mass is 257 g/mol. The molecule has 0 aliphatic carbocycles. The number of benzene rings is 1. The third kappa shape index (κ3) is 4.10. The molecule has 4 heteroatoms. The molecule has 0 spiro atoms. The van der Waals surface area contributed by atoms with Crippen LogP contribution >= 0.6 is 11.6 Å². The number of rotatable bonds is 4. The number of carbonyl (C=O) groups is 1. The highest BCUT2D eigenvalue weighted by Crippen LogP contribution is 2.28. The van der Waals surface area contributed by atoms with E-state index >= 15 is 0 Å². The maximum absolute atomic E-state index is 13.4. The van der Waals surface area contributed by atoms with Crippen molar-refractivity contribution in [3.8, 4) is 0 Å². The van der Waals surface area contributed by atoms with Gasteiger partial charge in [-0.1, -0.05) is 17.7 Å². The molecule has 17 heavy (non-hydrogen) atoms. The molecule has 1 atom stereocenters. The molecule has 0 heterocycles. The molecule has 0 saturated carbocycles. The standard InChI is InChI=1S/C13H17ClFNO/c1-8(17)10(7-13(2,3)16)9-4-5-11(14)12(15)6-9/h4-6,10H,7,16H2,1-3H3. The van der Waals surface area contributed by atoms with Crippen molar-refractivity contribution in [1.29, 1.82) is 0 Å². The first kappa shape index (κ1) is 14.1. The maximum Gasteiger partial charge on any atom is 0.142 e. The summed E-state index contributed by atoms with van der Waals surface area (Å²) >= 11 is 5.61. The molecule has 1 rings (SSSR count). The summed E-state index contributed by atoms with van der Waals surface area (Å²) < 4.78 is 13.4. The number of halogens is 2. The highest BCUT2D eigenvalue weighted by Gasteiger charge is 2.24. The van der Waals surface area contributed by atoms with E-state index in [2.05, 4.69) is 0 Å². The first-order chi connectivity index (χ1) is 7.70. The molecule has 2 nitrogen and oxygen atoms in total. The summed E-state index contributed by atoms with van der Waals surface area (Å²) in [6, 6.07) is 4.44. The van der Waals surface area contributed by atoms with Gasteiger partial charge in [-0.3, -0.25) is 4.79 Å². The molecule has 2 N–H and O–H groups in total. The van der Waals surface area contributed by atoms with Gasteiger partial charge in [0.05, 0.1) is 5.02 Å². The zero-order chi connectivity index (χ0) is 13.2. The second-order valence-corrected chi connectivity index (χ2v) is 5.44. The summed E-state index contributed by atoms with van der Waals surface area (Å²) in [5, 5.41) is 0.0584. The maximum atomic E-state index is 13.4. The van der Waals surface area contributed by atoms with Crippen molar-refractivity contribution in [1.82, 2.24) is 0 Å². The van der Waals surface area contributed by atoms with Crippen molar-refractivity contribution in [3.05, 3.63) is 34.6 Å². The van der Waals surface area contributed by atoms with Crippen molar-refractivity contribution in [2.24, 2.45) is 5.73 Å². The fourth-order valence-corrected chi connectivity index (χ4v) is 1.87. The van der Waals surface area contributed by atoms with Crippen LogP contribution in [-0.4, -0.2) is 11.3 Å². The molecule has 0 amide bonds. The average molecular weight is 258 g/mol. The van der Waals surface area contributed by atoms with Crippen LogP contribution in [0.25, 0.3) is 0 Å². The molecule has 0 saturated heterocycles. The van der Waals surface area contributed by atoms with Crippen molar-refractivity contribution >= 4 is 17.4 Å². The highest BCUT2D eigenvalue weighted by molar-refractivity contribution is 6.30. The third-order valence-electron chi connectivity index (χ3n) is 2.57. The quantitative estimate of drug-likeness (QED) is 0.900. The minimum atomic E-state index is -0.509. The van der Waals surface area contributed by atoms with Crippen LogP contribution in [0.4, 0.5) is 4.39 Å². The Labute approximate surface area is 106 Å². The molecule has 0 aliphatic rings. The van der Waals surface area contributed by atoms with E-state index in [0.29, 0.717) is 12.0 Å². The van der Waals surface area contributed by atoms with Crippen LogP contribution in [0.1, 0.15) is 38.7 Å². The average Bonchev–Trinajstić information content (AvgIpc) is 2.17. The van der Waals surface area contributed by atoms with Gasteiger partial charge in [0.15, 0.2) is 0 Å². The van der Waals surface area contributed by atoms with Crippen LogP contribution in [-0.2, 0) is 4.79 Å². The van der Waals surface area contributed by atoms with Crippen LogP contribution in [0.15, 0.2) is 18.2 Å². The molecule has 0 aliphatic heterocycles. The number of ketones is 1. The molecule has 0 radical (unpaired) electrons. The Hall–Kier alpha value is -0.930. The lowest BCUT2D eigenvalue weighted by Crippen LogP contribution is -2.35. The van der Waals surface area contributed by atoms with Gasteiger partial charge in [-0.05, 0) is 44.9 Å². The smallest absolute Gasteiger partial charge is 0.142 e. The van der Waals surface area contributed by atoms with Gasteiger partial charge >= 0.3 is 0 Å². The van der Waals surface area contributed by atoms with Crippen LogP contribution in [0.2, 0.25) is 5.02 Å². The lowest BCUT2D eigenvalue weighted by atomic mass is 9.84. The fourth-order valence-electron chi connectivity index (χ4n) is 1.75. The van der Waals surface area contributed by atoms with E-state index in [-0.39, 0.29) is 16.7 Å². The van der Waals surface area contributed by atoms with E-state index in [1.165, 1.54) is 19.1 Å². The number of hydrogen-bond acceptors (Lipinski definition) is 2. The molecule has 1 aromatic carbocycles. The van der Waals surface area contributed by atoms with E-state index in [9.17, 15) is 9.18 Å². The van der Waals surface area contributed by atoms with Crippen LogP contribution in [0.3, 0.4) is 0 Å². The molecule has 0 fully saturated rings. The predicted molar refractivity (Wildman–Crippen MR) is 67.7 cm³/mol. The van der Waals surface area contributed by atoms with E-state index in [1.54, 1.807) is 6.07 Å². The lowest BCUT2D eigenvalue weighted by Gasteiger charge is -2.24. The van der Waals surface area contributed by atoms with Gasteiger partial charge in [-0.2, -0.15) is 0 Å². The molecule has 0 bridgehead atoms. The van der Waals surface area contributed by atoms with E-state index in [4.69, 9.17) is 17.3 Å². The Bertz CT molecular complexity index is 426. The van der Waals surface area contributed by atoms with Crippen LogP contribution in [0, 0.1) is 5.82 Å². The normalized spacial score (nSPS) is 13.5. The molecule has 1 aromatic rings. The third-order valence-corrected chi connectivity index (χ3v) is 2.87. The van der Waals surface area contributed by atoms with Crippen molar-refractivity contribution in [3.63, 3.8) is 0 Å². The summed E-state index contributed by atoms with van der Waals surface area (Å²) in [5.41, 5.74) is 6.05. The van der Waals surface area contributed by atoms with Gasteiger partial charge in [-0.25, -0.2) is 4.39 Å². The Kier molecular flexibility index (Phi) is 4.28. The second-order valence-electron chi connectivity index (χ2n) is 5.03. The van der Waals surface area contributed by atoms with Gasteiger partial charge in [0.25, 0.3) is 0 Å². The number of hydrogen-bond donors (Lipinski definition) is 1. The Morgan fingerprint density at radius 3 is 2.53 bits per heavy atom. The summed E-state index contributed by atoms with van der Waals surface area (Å²) in [4.78, 5) is 11.6. The molecular formula is C13H17ClFNO. The highest BCUT2D eigenvalue weighted by atomic mass is 35.5. The van der Waals surface area contributed by atoms with E-state index in [0.717, 1.165) is 0 Å². The van der Waals surface area contributed by atoms with Crippen LogP contribution in [0.5, 0.6) is 0 Å². The first-order valence-electron chi connectivity index (χ1n) is 5.45. The summed E-state index contributed by atoms with van der Waals surface area (Å²) in [5.74, 6) is -0.919. The zero-order valence-electron chi connectivity index (χ0n) is 10.3. The minimum absolute atomic E-state index is 0.0229. The summed E-state index contributed by atoms with van der Waals surface area (Å²) in [7, 11) is 0. The van der Waals surface area contributed by atoms with Gasteiger partial charge < -0.3 is 5.73 Å². The minimum Gasteiger partial charge on any atom is -0.326 e. The van der Waals surface area contributed by atoms with Gasteiger partial charge in [0.1, 0.15) is 11.6 Å². The topological polar surface area (TPSA) is 43.1 Å². The van der Waals surface area contributed by atoms with E-state index < -0.39 is 11.4 Å². The molecule has 0 aromatic heterocycles. The van der Waals surface area contributed by atoms with Gasteiger partial charge in [0.2, 0.25) is 0 Å². The second kappa shape index (κ2) is 5.15. The number of carbonyl (C=O) groups excluding carboxylic acids is 1. The van der Waals surface area contributed by atoms with E-state index in [1.807, 2.05) is 13.8 Å². The molecule has 1 unspecified atom stereocenters. The fraction of sp³-hybridized carbons (Fsp3) is 0.462. The van der Waals surface area contributed by atoms with Crippen molar-refractivity contribution in [2.75, 3.05) is 0 Å². The number of nitrogens with two attached hydrogens (primary N) is 1. The first-order valence-corrected chi connectivity index (χ1v) is 5.83. The molecular weight excluding hydrogens is 241 g/mol. The largest absolute Gasteiger partial charge is 0.326 e. The van der Waals surface area contributed by atoms with Gasteiger partial charge in [-0.15, -0.1) is 0 Å². The SMILES string of the molecule is CC(=O)C(CC(C)(C)N)c1ccc(Cl)c(F)c1. The predicted octanol–water partition coefficient (Wildman–Crippen LogP) is 3.28. The Balaban J connectivity index is 3.06. The zero-order valence-corrected chi connectivity index (χ0v) is 11.0. The van der Waals surface area contributed by atoms with Crippen molar-refractivity contribution < 1.29 is 9.18 Å². The Morgan fingerprint density at radius 2 is 2.12 bits per heavy atom. The summed E-state index contributed by atoms with van der Waals surface area (Å²) in [6.45, 7) is 5.17. The van der Waals surface area contributed by atoms with Crippen LogP contribution < -0.4 is 5.73 Å². The number of Topliss-reactive ketones (excluding diaryl/α,β-unsaturated/α-hetero) is 1. The molecule has 94 valence electrons. The van der Waals surface area contributed by atoms with Gasteiger partial charge in [0, 0.05) is 11.5 Å². The summed E-state index contributed by atoms with van der Waals surface area (Å²) in [6.07, 6.45) is 0.476.